The van der Waals surface area contributed by atoms with E-state index in [1.165, 1.54) is 12.4 Å². The Morgan fingerprint density at radius 3 is 3.00 bits per heavy atom. The lowest BCUT2D eigenvalue weighted by atomic mass is 10.4. The van der Waals surface area contributed by atoms with Gasteiger partial charge in [-0.3, -0.25) is 5.10 Å². The van der Waals surface area contributed by atoms with Crippen LogP contribution in [0, 0.1) is 0 Å². The highest BCUT2D eigenvalue weighted by Crippen LogP contribution is 2.22. The first-order valence-electron chi connectivity index (χ1n) is 4.05. The molecule has 72 valence electrons. The van der Waals surface area contributed by atoms with Gasteiger partial charge in [0.1, 0.15) is 0 Å². The van der Waals surface area contributed by atoms with Gasteiger partial charge in [-0.2, -0.15) is 5.10 Å². The Kier molecular flexibility index (Phi) is 1.99. The fourth-order valence-electron chi connectivity index (χ4n) is 1.35. The largest absolute Gasteiger partial charge is 0.471 e. The molecule has 1 aromatic heterocycles. The third-order valence-corrected chi connectivity index (χ3v) is 4.00. The lowest BCUT2D eigenvalue weighted by molar-refractivity contribution is 0.273. The maximum absolute atomic E-state index is 11.3. The van der Waals surface area contributed by atoms with E-state index in [0.717, 1.165) is 0 Å². The van der Waals surface area contributed by atoms with Gasteiger partial charge in [-0.05, 0) is 12.8 Å². The molecular weight excluding hydrogens is 192 g/mol. The van der Waals surface area contributed by atoms with Crippen molar-refractivity contribution in [2.45, 2.75) is 18.3 Å². The van der Waals surface area contributed by atoms with E-state index in [-0.39, 0.29) is 5.75 Å². The summed E-state index contributed by atoms with van der Waals surface area (Å²) >= 11 is 0. The summed E-state index contributed by atoms with van der Waals surface area (Å²) in [6, 6.07) is 0. The SMILES string of the molecule is O=S1(=O)CCCC1Oc1cn[nH]c1. The molecule has 0 aromatic carbocycles. The Morgan fingerprint density at radius 1 is 1.62 bits per heavy atom. The van der Waals surface area contributed by atoms with Crippen molar-refractivity contribution in [3.05, 3.63) is 12.4 Å². The summed E-state index contributed by atoms with van der Waals surface area (Å²) in [6.07, 6.45) is 4.26. The van der Waals surface area contributed by atoms with Crippen LogP contribution in [0.25, 0.3) is 0 Å². The molecule has 0 saturated carbocycles. The highest BCUT2D eigenvalue weighted by molar-refractivity contribution is 7.92. The topological polar surface area (TPSA) is 72.1 Å². The number of rotatable bonds is 2. The van der Waals surface area contributed by atoms with E-state index < -0.39 is 15.3 Å². The minimum Gasteiger partial charge on any atom is -0.471 e. The predicted octanol–water partition coefficient (Wildman–Crippen LogP) is 0.323. The molecule has 0 aliphatic carbocycles. The molecule has 1 aromatic rings. The van der Waals surface area contributed by atoms with E-state index in [2.05, 4.69) is 10.2 Å². The van der Waals surface area contributed by atoms with Crippen LogP contribution in [0.4, 0.5) is 0 Å². The van der Waals surface area contributed by atoms with Crippen LogP contribution in [0.1, 0.15) is 12.8 Å². The van der Waals surface area contributed by atoms with E-state index in [9.17, 15) is 8.42 Å². The molecule has 6 heteroatoms. The monoisotopic (exact) mass is 202 g/mol. The second kappa shape index (κ2) is 3.02. The standard InChI is InChI=1S/C7H10N2O3S/c10-13(11)3-1-2-7(13)12-6-4-8-9-5-6/h4-5,7H,1-3H2,(H,8,9). The molecule has 5 nitrogen and oxygen atoms in total. The van der Waals surface area contributed by atoms with E-state index in [4.69, 9.17) is 4.74 Å². The summed E-state index contributed by atoms with van der Waals surface area (Å²) in [5.41, 5.74) is -0.676. The normalized spacial score (nSPS) is 26.0. The average Bonchev–Trinajstić information content (AvgIpc) is 2.63. The molecule has 1 fully saturated rings. The highest BCUT2D eigenvalue weighted by Gasteiger charge is 2.33. The van der Waals surface area contributed by atoms with Gasteiger partial charge in [0.2, 0.25) is 0 Å². The number of aromatic nitrogens is 2. The molecule has 1 atom stereocenters. The highest BCUT2D eigenvalue weighted by atomic mass is 32.2. The Hall–Kier alpha value is -1.04. The Morgan fingerprint density at radius 2 is 2.46 bits per heavy atom. The number of nitrogens with one attached hydrogen (secondary N) is 1. The van der Waals surface area contributed by atoms with Crippen molar-refractivity contribution in [1.82, 2.24) is 10.2 Å². The maximum Gasteiger partial charge on any atom is 0.199 e. The van der Waals surface area contributed by atoms with E-state index in [0.29, 0.717) is 18.6 Å². The summed E-state index contributed by atoms with van der Waals surface area (Å²) in [6.45, 7) is 0. The minimum atomic E-state index is -3.03. The van der Waals surface area contributed by atoms with Crippen LogP contribution >= 0.6 is 0 Å². The molecule has 13 heavy (non-hydrogen) atoms. The van der Waals surface area contributed by atoms with E-state index in [1.807, 2.05) is 0 Å². The van der Waals surface area contributed by atoms with Gasteiger partial charge in [0.25, 0.3) is 0 Å². The molecule has 0 radical (unpaired) electrons. The zero-order valence-electron chi connectivity index (χ0n) is 6.93. The molecule has 1 aliphatic heterocycles. The Bertz CT molecular complexity index is 370. The van der Waals surface area contributed by atoms with Gasteiger partial charge in [0.15, 0.2) is 21.0 Å². The van der Waals surface area contributed by atoms with Crippen molar-refractivity contribution in [3.63, 3.8) is 0 Å². The van der Waals surface area contributed by atoms with Crippen LogP contribution in [0.15, 0.2) is 12.4 Å². The summed E-state index contributed by atoms with van der Waals surface area (Å²) in [5, 5.41) is 6.23. The van der Waals surface area contributed by atoms with Crippen molar-refractivity contribution in [1.29, 1.82) is 0 Å². The van der Waals surface area contributed by atoms with E-state index >= 15 is 0 Å². The van der Waals surface area contributed by atoms with Gasteiger partial charge >= 0.3 is 0 Å². The summed E-state index contributed by atoms with van der Waals surface area (Å²) in [4.78, 5) is 0. The van der Waals surface area contributed by atoms with Gasteiger partial charge in [-0.15, -0.1) is 0 Å². The smallest absolute Gasteiger partial charge is 0.199 e. The lowest BCUT2D eigenvalue weighted by Crippen LogP contribution is -2.22. The van der Waals surface area contributed by atoms with Gasteiger partial charge < -0.3 is 4.74 Å². The van der Waals surface area contributed by atoms with Gasteiger partial charge in [0.05, 0.1) is 18.1 Å². The molecule has 1 unspecified atom stereocenters. The van der Waals surface area contributed by atoms with Crippen LogP contribution in [0.5, 0.6) is 5.75 Å². The first kappa shape index (κ1) is 8.55. The van der Waals surface area contributed by atoms with Crippen LogP contribution in [0.3, 0.4) is 0 Å². The van der Waals surface area contributed by atoms with Crippen molar-refractivity contribution in [2.75, 3.05) is 5.75 Å². The van der Waals surface area contributed by atoms with Crippen LogP contribution in [0.2, 0.25) is 0 Å². The molecule has 0 amide bonds. The maximum atomic E-state index is 11.3. The number of hydrogen-bond acceptors (Lipinski definition) is 4. The van der Waals surface area contributed by atoms with Gasteiger partial charge in [-0.1, -0.05) is 0 Å². The fraction of sp³-hybridized carbons (Fsp3) is 0.571. The fourth-order valence-corrected chi connectivity index (χ4v) is 2.97. The van der Waals surface area contributed by atoms with Crippen LogP contribution in [-0.2, 0) is 9.84 Å². The number of H-pyrrole nitrogens is 1. The number of ether oxygens (including phenoxy) is 1. The zero-order chi connectivity index (χ0) is 9.31. The van der Waals surface area contributed by atoms with Gasteiger partial charge in [0, 0.05) is 0 Å². The molecule has 0 spiro atoms. The first-order chi connectivity index (χ1) is 6.18. The molecule has 1 saturated heterocycles. The number of aromatic amines is 1. The molecule has 1 aliphatic rings. The zero-order valence-corrected chi connectivity index (χ0v) is 7.75. The molecule has 0 bridgehead atoms. The third-order valence-electron chi connectivity index (χ3n) is 2.01. The average molecular weight is 202 g/mol. The lowest BCUT2D eigenvalue weighted by Gasteiger charge is -2.09. The quantitative estimate of drug-likeness (QED) is 0.749. The number of nitrogens with zero attached hydrogens (tertiary/aromatic N) is 1. The molecule has 2 heterocycles. The first-order valence-corrected chi connectivity index (χ1v) is 5.77. The molecule has 1 N–H and O–H groups in total. The number of hydrogen-bond donors (Lipinski definition) is 1. The third kappa shape index (κ3) is 1.67. The van der Waals surface area contributed by atoms with E-state index in [1.54, 1.807) is 0 Å². The Balaban J connectivity index is 2.11. The summed E-state index contributed by atoms with van der Waals surface area (Å²) in [5.74, 6) is 0.714. The second-order valence-electron chi connectivity index (χ2n) is 2.99. The predicted molar refractivity (Wildman–Crippen MR) is 46.0 cm³/mol. The van der Waals surface area contributed by atoms with Crippen molar-refractivity contribution in [3.8, 4) is 5.75 Å². The van der Waals surface area contributed by atoms with Crippen molar-refractivity contribution >= 4 is 9.84 Å². The van der Waals surface area contributed by atoms with Crippen molar-refractivity contribution < 1.29 is 13.2 Å². The number of sulfone groups is 1. The molecular formula is C7H10N2O3S. The Labute approximate surface area is 76.0 Å². The minimum absolute atomic E-state index is 0.232. The van der Waals surface area contributed by atoms with Gasteiger partial charge in [-0.25, -0.2) is 8.42 Å². The van der Waals surface area contributed by atoms with Crippen LogP contribution < -0.4 is 4.74 Å². The summed E-state index contributed by atoms with van der Waals surface area (Å²) < 4.78 is 27.9. The molecule has 2 rings (SSSR count). The van der Waals surface area contributed by atoms with Crippen LogP contribution in [-0.4, -0.2) is 29.8 Å². The second-order valence-corrected chi connectivity index (χ2v) is 5.25. The summed E-state index contributed by atoms with van der Waals surface area (Å²) in [7, 11) is -3.03. The van der Waals surface area contributed by atoms with Crippen molar-refractivity contribution in [2.24, 2.45) is 0 Å².